The van der Waals surface area contributed by atoms with Gasteiger partial charge in [-0.2, -0.15) is 13.2 Å². The van der Waals surface area contributed by atoms with Crippen molar-refractivity contribution in [2.45, 2.75) is 45.7 Å². The standard InChI is InChI=1S/C9H15F3O/c1-7(2)8(13)5-3-4-6-9(10,11)12/h7H,3-6H2,1-2H3. The molecule has 0 aromatic carbocycles. The maximum Gasteiger partial charge on any atom is 0.389 e. The van der Waals surface area contributed by atoms with Gasteiger partial charge in [0.15, 0.2) is 0 Å². The molecule has 0 saturated heterocycles. The summed E-state index contributed by atoms with van der Waals surface area (Å²) in [6.07, 6.45) is -4.19. The van der Waals surface area contributed by atoms with E-state index in [-0.39, 0.29) is 24.5 Å². The highest BCUT2D eigenvalue weighted by atomic mass is 19.4. The number of hydrogen-bond acceptors (Lipinski definition) is 1. The van der Waals surface area contributed by atoms with Crippen LogP contribution in [0.5, 0.6) is 0 Å². The van der Waals surface area contributed by atoms with Crippen molar-refractivity contribution in [3.63, 3.8) is 0 Å². The Balaban J connectivity index is 3.42. The van der Waals surface area contributed by atoms with Crippen molar-refractivity contribution in [1.82, 2.24) is 0 Å². The molecule has 0 bridgehead atoms. The van der Waals surface area contributed by atoms with Crippen LogP contribution in [0.1, 0.15) is 39.5 Å². The molecule has 0 fully saturated rings. The van der Waals surface area contributed by atoms with Crippen LogP contribution in [0.25, 0.3) is 0 Å². The summed E-state index contributed by atoms with van der Waals surface area (Å²) in [6.45, 7) is 3.51. The van der Waals surface area contributed by atoms with Gasteiger partial charge < -0.3 is 0 Å². The van der Waals surface area contributed by atoms with Gasteiger partial charge >= 0.3 is 6.18 Å². The topological polar surface area (TPSA) is 17.1 Å². The number of carbonyl (C=O) groups is 1. The Hall–Kier alpha value is -0.540. The Bertz CT molecular complexity index is 161. The van der Waals surface area contributed by atoms with Gasteiger partial charge in [0.05, 0.1) is 0 Å². The average Bonchev–Trinajstić information content (AvgIpc) is 1.95. The zero-order valence-electron chi connectivity index (χ0n) is 7.95. The van der Waals surface area contributed by atoms with Crippen molar-refractivity contribution in [3.05, 3.63) is 0 Å². The SMILES string of the molecule is CC(C)C(=O)CCCCC(F)(F)F. The van der Waals surface area contributed by atoms with E-state index in [9.17, 15) is 18.0 Å². The number of halogens is 3. The molecule has 0 heterocycles. The van der Waals surface area contributed by atoms with E-state index in [4.69, 9.17) is 0 Å². The minimum atomic E-state index is -4.08. The van der Waals surface area contributed by atoms with Crippen molar-refractivity contribution in [3.8, 4) is 0 Å². The molecule has 0 N–H and O–H groups in total. The smallest absolute Gasteiger partial charge is 0.299 e. The second-order valence-electron chi connectivity index (χ2n) is 3.44. The summed E-state index contributed by atoms with van der Waals surface area (Å²) >= 11 is 0. The fourth-order valence-corrected chi connectivity index (χ4v) is 0.913. The number of ketones is 1. The van der Waals surface area contributed by atoms with Crippen LogP contribution in [0, 0.1) is 5.92 Å². The largest absolute Gasteiger partial charge is 0.389 e. The second kappa shape index (κ2) is 5.25. The first-order chi connectivity index (χ1) is 5.83. The van der Waals surface area contributed by atoms with E-state index in [2.05, 4.69) is 0 Å². The normalized spacial score (nSPS) is 12.2. The van der Waals surface area contributed by atoms with Gasteiger partial charge in [-0.15, -0.1) is 0 Å². The lowest BCUT2D eigenvalue weighted by Gasteiger charge is -2.06. The van der Waals surface area contributed by atoms with E-state index in [1.54, 1.807) is 13.8 Å². The summed E-state index contributed by atoms with van der Waals surface area (Å²) < 4.78 is 35.0. The van der Waals surface area contributed by atoms with E-state index >= 15 is 0 Å². The molecule has 0 saturated carbocycles. The summed E-state index contributed by atoms with van der Waals surface area (Å²) in [4.78, 5) is 11.0. The van der Waals surface area contributed by atoms with Crippen LogP contribution in [-0.4, -0.2) is 12.0 Å². The van der Waals surface area contributed by atoms with Crippen LogP contribution in [0.4, 0.5) is 13.2 Å². The van der Waals surface area contributed by atoms with Crippen LogP contribution in [0.3, 0.4) is 0 Å². The van der Waals surface area contributed by atoms with E-state index in [0.29, 0.717) is 6.42 Å². The number of alkyl halides is 3. The zero-order chi connectivity index (χ0) is 10.5. The first-order valence-electron chi connectivity index (χ1n) is 4.42. The van der Waals surface area contributed by atoms with Crippen LogP contribution < -0.4 is 0 Å². The molecule has 78 valence electrons. The molecule has 0 radical (unpaired) electrons. The van der Waals surface area contributed by atoms with Crippen molar-refractivity contribution in [2.75, 3.05) is 0 Å². The number of Topliss-reactive ketones (excluding diaryl/α,β-unsaturated/α-hetero) is 1. The summed E-state index contributed by atoms with van der Waals surface area (Å²) in [7, 11) is 0. The lowest BCUT2D eigenvalue weighted by Crippen LogP contribution is -2.09. The highest BCUT2D eigenvalue weighted by Gasteiger charge is 2.25. The van der Waals surface area contributed by atoms with Crippen molar-refractivity contribution < 1.29 is 18.0 Å². The predicted molar refractivity (Wildman–Crippen MR) is 44.4 cm³/mol. The molecule has 0 aliphatic heterocycles. The Labute approximate surface area is 76.3 Å². The van der Waals surface area contributed by atoms with Gasteiger partial charge in [-0.1, -0.05) is 13.8 Å². The Kier molecular flexibility index (Phi) is 5.03. The number of rotatable bonds is 5. The summed E-state index contributed by atoms with van der Waals surface area (Å²) in [5, 5.41) is 0. The first-order valence-corrected chi connectivity index (χ1v) is 4.42. The van der Waals surface area contributed by atoms with Crippen molar-refractivity contribution in [1.29, 1.82) is 0 Å². The summed E-state index contributed by atoms with van der Waals surface area (Å²) in [6, 6.07) is 0. The maximum absolute atomic E-state index is 11.7. The molecule has 1 nitrogen and oxygen atoms in total. The minimum Gasteiger partial charge on any atom is -0.299 e. The Morgan fingerprint density at radius 3 is 2.15 bits per heavy atom. The summed E-state index contributed by atoms with van der Waals surface area (Å²) in [5.74, 6) is -0.0203. The van der Waals surface area contributed by atoms with Crippen LogP contribution in [-0.2, 0) is 4.79 Å². The van der Waals surface area contributed by atoms with Crippen LogP contribution >= 0.6 is 0 Å². The molecule has 0 atom stereocenters. The van der Waals surface area contributed by atoms with Crippen LogP contribution in [0.2, 0.25) is 0 Å². The monoisotopic (exact) mass is 196 g/mol. The fraction of sp³-hybridized carbons (Fsp3) is 0.889. The molecule has 0 rings (SSSR count). The zero-order valence-corrected chi connectivity index (χ0v) is 7.95. The van der Waals surface area contributed by atoms with Crippen molar-refractivity contribution >= 4 is 5.78 Å². The number of hydrogen-bond donors (Lipinski definition) is 0. The quantitative estimate of drug-likeness (QED) is 0.616. The van der Waals surface area contributed by atoms with E-state index in [1.807, 2.05) is 0 Å². The van der Waals surface area contributed by atoms with Gasteiger partial charge in [0.2, 0.25) is 0 Å². The van der Waals surface area contributed by atoms with Gasteiger partial charge in [-0.3, -0.25) is 4.79 Å². The highest BCUT2D eigenvalue weighted by Crippen LogP contribution is 2.22. The van der Waals surface area contributed by atoms with E-state index < -0.39 is 12.6 Å². The van der Waals surface area contributed by atoms with Gasteiger partial charge in [0.25, 0.3) is 0 Å². The van der Waals surface area contributed by atoms with E-state index in [0.717, 1.165) is 0 Å². The molecule has 0 aromatic heterocycles. The third-order valence-corrected chi connectivity index (χ3v) is 1.78. The molecule has 13 heavy (non-hydrogen) atoms. The van der Waals surface area contributed by atoms with Gasteiger partial charge in [0.1, 0.15) is 5.78 Å². The van der Waals surface area contributed by atoms with Crippen LogP contribution in [0.15, 0.2) is 0 Å². The van der Waals surface area contributed by atoms with E-state index in [1.165, 1.54) is 0 Å². The first kappa shape index (κ1) is 12.5. The lowest BCUT2D eigenvalue weighted by molar-refractivity contribution is -0.136. The third-order valence-electron chi connectivity index (χ3n) is 1.78. The molecule has 0 aliphatic rings. The molecular formula is C9H15F3O. The minimum absolute atomic E-state index is 0.0437. The molecule has 0 aromatic rings. The Morgan fingerprint density at radius 2 is 1.77 bits per heavy atom. The van der Waals surface area contributed by atoms with Gasteiger partial charge in [-0.05, 0) is 12.8 Å². The number of unbranched alkanes of at least 4 members (excludes halogenated alkanes) is 1. The molecule has 0 amide bonds. The summed E-state index contributed by atoms with van der Waals surface area (Å²) in [5.41, 5.74) is 0. The fourth-order valence-electron chi connectivity index (χ4n) is 0.913. The Morgan fingerprint density at radius 1 is 1.23 bits per heavy atom. The van der Waals surface area contributed by atoms with Gasteiger partial charge in [0, 0.05) is 18.8 Å². The number of carbonyl (C=O) groups excluding carboxylic acids is 1. The molecular weight excluding hydrogens is 181 g/mol. The molecule has 4 heteroatoms. The molecule has 0 spiro atoms. The van der Waals surface area contributed by atoms with Gasteiger partial charge in [-0.25, -0.2) is 0 Å². The third kappa shape index (κ3) is 7.81. The second-order valence-corrected chi connectivity index (χ2v) is 3.44. The average molecular weight is 196 g/mol. The maximum atomic E-state index is 11.7. The predicted octanol–water partition coefficient (Wildman–Crippen LogP) is 3.33. The lowest BCUT2D eigenvalue weighted by atomic mass is 10.0. The molecule has 0 unspecified atom stereocenters. The highest BCUT2D eigenvalue weighted by molar-refractivity contribution is 5.80. The van der Waals surface area contributed by atoms with Crippen molar-refractivity contribution in [2.24, 2.45) is 5.92 Å². The molecule has 0 aliphatic carbocycles.